The van der Waals surface area contributed by atoms with Gasteiger partial charge in [0, 0.05) is 37.2 Å². The third kappa shape index (κ3) is 7.32. The lowest BCUT2D eigenvalue weighted by atomic mass is 9.83. The number of rotatable bonds is 12. The SMILES string of the molecule is Cc1nccn1CC(=O)NC(CCC(=O)O)(CCC(=O)O)CCC(=O)O. The van der Waals surface area contributed by atoms with E-state index in [1.807, 2.05) is 0 Å². The van der Waals surface area contributed by atoms with Gasteiger partial charge in [-0.2, -0.15) is 0 Å². The van der Waals surface area contributed by atoms with E-state index in [0.717, 1.165) is 0 Å². The van der Waals surface area contributed by atoms with Crippen LogP contribution in [0.2, 0.25) is 0 Å². The molecule has 0 aliphatic carbocycles. The van der Waals surface area contributed by atoms with Crippen molar-refractivity contribution in [2.75, 3.05) is 0 Å². The lowest BCUT2D eigenvalue weighted by Crippen LogP contribution is -2.50. The maximum Gasteiger partial charge on any atom is 0.303 e. The highest BCUT2D eigenvalue weighted by Crippen LogP contribution is 2.26. The Labute approximate surface area is 149 Å². The van der Waals surface area contributed by atoms with Gasteiger partial charge in [-0.3, -0.25) is 19.2 Å². The highest BCUT2D eigenvalue weighted by molar-refractivity contribution is 5.77. The second kappa shape index (κ2) is 9.54. The van der Waals surface area contributed by atoms with Crippen LogP contribution in [-0.4, -0.2) is 54.2 Å². The fourth-order valence-electron chi connectivity index (χ4n) is 2.66. The van der Waals surface area contributed by atoms with Crippen LogP contribution in [0.5, 0.6) is 0 Å². The minimum absolute atomic E-state index is 0.0580. The van der Waals surface area contributed by atoms with E-state index in [1.165, 1.54) is 6.20 Å². The molecular weight excluding hydrogens is 346 g/mol. The van der Waals surface area contributed by atoms with E-state index in [4.69, 9.17) is 15.3 Å². The van der Waals surface area contributed by atoms with E-state index in [9.17, 15) is 19.2 Å². The number of nitrogens with zero attached hydrogens (tertiary/aromatic N) is 2. The number of imidazole rings is 1. The maximum atomic E-state index is 12.4. The number of nitrogens with one attached hydrogen (secondary N) is 1. The molecule has 0 saturated heterocycles. The molecule has 0 atom stereocenters. The first-order valence-electron chi connectivity index (χ1n) is 8.08. The first-order valence-corrected chi connectivity index (χ1v) is 8.08. The molecule has 1 rings (SSSR count). The highest BCUT2D eigenvalue weighted by atomic mass is 16.4. The highest BCUT2D eigenvalue weighted by Gasteiger charge is 2.33. The van der Waals surface area contributed by atoms with E-state index in [-0.39, 0.29) is 45.1 Å². The zero-order chi connectivity index (χ0) is 19.7. The molecule has 10 nitrogen and oxygen atoms in total. The lowest BCUT2D eigenvalue weighted by Gasteiger charge is -2.34. The minimum atomic E-state index is -1.22. The topological polar surface area (TPSA) is 159 Å². The second-order valence-corrected chi connectivity index (χ2v) is 6.11. The van der Waals surface area contributed by atoms with Gasteiger partial charge in [0.05, 0.1) is 0 Å². The van der Waals surface area contributed by atoms with Gasteiger partial charge in [0.1, 0.15) is 12.4 Å². The van der Waals surface area contributed by atoms with Crippen molar-refractivity contribution < 1.29 is 34.5 Å². The molecule has 1 aromatic heterocycles. The van der Waals surface area contributed by atoms with Crippen LogP contribution < -0.4 is 5.32 Å². The van der Waals surface area contributed by atoms with Crippen molar-refractivity contribution in [3.63, 3.8) is 0 Å². The summed E-state index contributed by atoms with van der Waals surface area (Å²) in [6, 6.07) is 0. The van der Waals surface area contributed by atoms with Crippen molar-refractivity contribution in [3.05, 3.63) is 18.2 Å². The summed E-state index contributed by atoms with van der Waals surface area (Å²) in [5.41, 5.74) is -1.22. The zero-order valence-corrected chi connectivity index (χ0v) is 14.5. The number of carboxylic acid groups (broad SMARTS) is 3. The smallest absolute Gasteiger partial charge is 0.303 e. The number of amides is 1. The molecule has 0 spiro atoms. The molecule has 1 heterocycles. The average molecular weight is 369 g/mol. The van der Waals surface area contributed by atoms with E-state index >= 15 is 0 Å². The molecule has 4 N–H and O–H groups in total. The summed E-state index contributed by atoms with van der Waals surface area (Å²) in [6.45, 7) is 1.63. The Morgan fingerprint density at radius 1 is 1.00 bits per heavy atom. The Bertz CT molecular complexity index is 623. The summed E-state index contributed by atoms with van der Waals surface area (Å²) < 4.78 is 1.58. The van der Waals surface area contributed by atoms with Gasteiger partial charge in [0.15, 0.2) is 0 Å². The van der Waals surface area contributed by atoms with Crippen molar-refractivity contribution in [3.8, 4) is 0 Å². The number of carboxylic acids is 3. The monoisotopic (exact) mass is 369 g/mol. The predicted molar refractivity (Wildman–Crippen MR) is 88.4 cm³/mol. The molecule has 0 aliphatic rings. The second-order valence-electron chi connectivity index (χ2n) is 6.11. The Balaban J connectivity index is 2.96. The van der Waals surface area contributed by atoms with Crippen LogP contribution in [0.1, 0.15) is 44.3 Å². The van der Waals surface area contributed by atoms with Crippen LogP contribution in [0.15, 0.2) is 12.4 Å². The summed E-state index contributed by atoms with van der Waals surface area (Å²) in [4.78, 5) is 49.3. The number of hydrogen-bond donors (Lipinski definition) is 4. The minimum Gasteiger partial charge on any atom is -0.481 e. The summed E-state index contributed by atoms with van der Waals surface area (Å²) >= 11 is 0. The van der Waals surface area contributed by atoms with Crippen LogP contribution >= 0.6 is 0 Å². The van der Waals surface area contributed by atoms with Gasteiger partial charge in [-0.15, -0.1) is 0 Å². The summed E-state index contributed by atoms with van der Waals surface area (Å²) in [5.74, 6) is -3.20. The first-order chi connectivity index (χ1) is 12.1. The number of aryl methyl sites for hydroxylation is 1. The van der Waals surface area contributed by atoms with Crippen LogP contribution in [-0.2, 0) is 25.7 Å². The Hall–Kier alpha value is -2.91. The number of carbonyl (C=O) groups excluding carboxylic acids is 1. The van der Waals surface area contributed by atoms with Gasteiger partial charge < -0.3 is 25.2 Å². The molecule has 0 fully saturated rings. The predicted octanol–water partition coefficient (Wildman–Crippen LogP) is 0.641. The van der Waals surface area contributed by atoms with Crippen LogP contribution in [0, 0.1) is 6.92 Å². The van der Waals surface area contributed by atoms with Gasteiger partial charge in [-0.05, 0) is 26.2 Å². The Morgan fingerprint density at radius 2 is 1.46 bits per heavy atom. The molecular formula is C16H23N3O7. The standard InChI is InChI=1S/C16H23N3O7/c1-11-17-8-9-19(11)10-12(20)18-16(5-2-13(21)22,6-3-14(23)24)7-4-15(25)26/h8-9H,2-7,10H2,1H3,(H,18,20)(H,21,22)(H,23,24)(H,25,26). The van der Waals surface area contributed by atoms with Crippen LogP contribution in [0.25, 0.3) is 0 Å². The van der Waals surface area contributed by atoms with Crippen molar-refractivity contribution in [1.29, 1.82) is 0 Å². The average Bonchev–Trinajstić information content (AvgIpc) is 2.93. The number of aromatic nitrogens is 2. The van der Waals surface area contributed by atoms with Gasteiger partial charge >= 0.3 is 17.9 Å². The fourth-order valence-corrected chi connectivity index (χ4v) is 2.66. The van der Waals surface area contributed by atoms with Gasteiger partial charge in [0.25, 0.3) is 0 Å². The maximum absolute atomic E-state index is 12.4. The van der Waals surface area contributed by atoms with Crippen molar-refractivity contribution in [1.82, 2.24) is 14.9 Å². The third-order valence-corrected chi connectivity index (χ3v) is 4.09. The summed E-state index contributed by atoms with van der Waals surface area (Å²) in [6.07, 6.45) is 2.00. The third-order valence-electron chi connectivity index (χ3n) is 4.09. The van der Waals surface area contributed by atoms with E-state index in [2.05, 4.69) is 10.3 Å². The zero-order valence-electron chi connectivity index (χ0n) is 14.5. The first kappa shape index (κ1) is 21.1. The van der Waals surface area contributed by atoms with Crippen molar-refractivity contribution in [2.24, 2.45) is 0 Å². The lowest BCUT2D eigenvalue weighted by molar-refractivity contribution is -0.139. The van der Waals surface area contributed by atoms with Crippen LogP contribution in [0.3, 0.4) is 0 Å². The molecule has 10 heteroatoms. The summed E-state index contributed by atoms with van der Waals surface area (Å²) in [7, 11) is 0. The molecule has 0 aliphatic heterocycles. The molecule has 0 aromatic carbocycles. The summed E-state index contributed by atoms with van der Waals surface area (Å²) in [5, 5.41) is 29.5. The molecule has 0 unspecified atom stereocenters. The Morgan fingerprint density at radius 3 is 1.81 bits per heavy atom. The molecule has 0 bridgehead atoms. The largest absolute Gasteiger partial charge is 0.481 e. The van der Waals surface area contributed by atoms with E-state index in [1.54, 1.807) is 17.7 Å². The van der Waals surface area contributed by atoms with Crippen molar-refractivity contribution >= 4 is 23.8 Å². The molecule has 26 heavy (non-hydrogen) atoms. The fraction of sp³-hybridized carbons (Fsp3) is 0.562. The number of aliphatic carboxylic acids is 3. The molecule has 0 radical (unpaired) electrons. The van der Waals surface area contributed by atoms with E-state index < -0.39 is 29.4 Å². The Kier molecular flexibility index (Phi) is 7.76. The normalized spacial score (nSPS) is 11.1. The number of carbonyl (C=O) groups is 4. The molecule has 0 saturated carbocycles. The molecule has 1 aromatic rings. The van der Waals surface area contributed by atoms with Gasteiger partial charge in [-0.25, -0.2) is 4.98 Å². The van der Waals surface area contributed by atoms with Gasteiger partial charge in [0.2, 0.25) is 5.91 Å². The molecule has 1 amide bonds. The molecule has 144 valence electrons. The van der Waals surface area contributed by atoms with Gasteiger partial charge in [-0.1, -0.05) is 0 Å². The van der Waals surface area contributed by atoms with Crippen LogP contribution in [0.4, 0.5) is 0 Å². The number of hydrogen-bond acceptors (Lipinski definition) is 5. The van der Waals surface area contributed by atoms with Crippen molar-refractivity contribution in [2.45, 2.75) is 57.5 Å². The van der Waals surface area contributed by atoms with E-state index in [0.29, 0.717) is 5.82 Å². The quantitative estimate of drug-likeness (QED) is 0.418.